The van der Waals surface area contributed by atoms with Crippen molar-refractivity contribution in [2.24, 2.45) is 0 Å². The number of thiazole rings is 1. The summed E-state index contributed by atoms with van der Waals surface area (Å²) in [5.41, 5.74) is 1.84. The molecule has 4 amide bonds. The molecule has 0 saturated carbocycles. The second-order valence-electron chi connectivity index (χ2n) is 6.39. The van der Waals surface area contributed by atoms with Crippen molar-refractivity contribution < 1.29 is 19.1 Å². The zero-order chi connectivity index (χ0) is 19.5. The lowest BCUT2D eigenvalue weighted by Crippen LogP contribution is -2.36. The van der Waals surface area contributed by atoms with Crippen molar-refractivity contribution in [3.8, 4) is 0 Å². The molecule has 0 radical (unpaired) electrons. The van der Waals surface area contributed by atoms with E-state index in [9.17, 15) is 14.4 Å². The van der Waals surface area contributed by atoms with Crippen LogP contribution >= 0.6 is 11.3 Å². The minimum absolute atomic E-state index is 0.0142. The largest absolute Gasteiger partial charge is 0.378 e. The van der Waals surface area contributed by atoms with E-state index in [-0.39, 0.29) is 18.4 Å². The van der Waals surface area contributed by atoms with Gasteiger partial charge in [0, 0.05) is 29.7 Å². The summed E-state index contributed by atoms with van der Waals surface area (Å²) in [5.74, 6) is -0.569. The Morgan fingerprint density at radius 3 is 2.64 bits per heavy atom. The van der Waals surface area contributed by atoms with Gasteiger partial charge in [-0.05, 0) is 24.3 Å². The van der Waals surface area contributed by atoms with E-state index in [1.54, 1.807) is 35.6 Å². The van der Waals surface area contributed by atoms with Gasteiger partial charge >= 0.3 is 6.03 Å². The lowest BCUT2D eigenvalue weighted by molar-refractivity contribution is -0.117. The molecule has 2 fully saturated rings. The van der Waals surface area contributed by atoms with Crippen LogP contribution in [0.4, 0.5) is 15.6 Å². The van der Waals surface area contributed by atoms with E-state index < -0.39 is 6.03 Å². The Morgan fingerprint density at radius 2 is 1.96 bits per heavy atom. The molecule has 0 atom stereocenters. The highest BCUT2D eigenvalue weighted by Gasteiger charge is 2.27. The van der Waals surface area contributed by atoms with Crippen LogP contribution < -0.4 is 20.4 Å². The molecule has 2 N–H and O–H groups in total. The molecule has 0 bridgehead atoms. The van der Waals surface area contributed by atoms with E-state index in [0.717, 1.165) is 23.9 Å². The Morgan fingerprint density at radius 1 is 1.21 bits per heavy atom. The van der Waals surface area contributed by atoms with Gasteiger partial charge in [-0.25, -0.2) is 9.78 Å². The monoisotopic (exact) mass is 401 g/mol. The van der Waals surface area contributed by atoms with Crippen LogP contribution in [-0.4, -0.2) is 55.7 Å². The normalized spacial score (nSPS) is 17.0. The summed E-state index contributed by atoms with van der Waals surface area (Å²) in [6, 6.07) is 6.09. The third kappa shape index (κ3) is 3.97. The zero-order valence-electron chi connectivity index (χ0n) is 15.0. The number of hydrogen-bond acceptors (Lipinski definition) is 7. The molecule has 0 spiro atoms. The lowest BCUT2D eigenvalue weighted by Gasteiger charge is -2.26. The standard InChI is InChI=1S/C18H19N5O4S/c24-15-10-23(17(26)21-15)14-3-1-12(2-4-14)16(25)19-9-13-11-28-18(20-13)22-5-7-27-8-6-22/h1-4,11H,5-10H2,(H,19,25)(H,21,24,26). The maximum Gasteiger partial charge on any atom is 0.329 e. The number of hydrogen-bond donors (Lipinski definition) is 2. The molecule has 2 aromatic rings. The Balaban J connectivity index is 1.33. The Hall–Kier alpha value is -2.98. The van der Waals surface area contributed by atoms with Crippen molar-refractivity contribution in [2.75, 3.05) is 42.6 Å². The Bertz CT molecular complexity index is 892. The van der Waals surface area contributed by atoms with E-state index in [0.29, 0.717) is 31.0 Å². The van der Waals surface area contributed by atoms with Crippen molar-refractivity contribution in [1.29, 1.82) is 0 Å². The molecular weight excluding hydrogens is 382 g/mol. The van der Waals surface area contributed by atoms with Crippen LogP contribution in [0.2, 0.25) is 0 Å². The molecule has 10 heteroatoms. The number of rotatable bonds is 5. The lowest BCUT2D eigenvalue weighted by atomic mass is 10.2. The zero-order valence-corrected chi connectivity index (χ0v) is 15.8. The first-order valence-electron chi connectivity index (χ1n) is 8.87. The molecule has 4 rings (SSSR count). The summed E-state index contributed by atoms with van der Waals surface area (Å²) in [5, 5.41) is 7.95. The molecule has 3 heterocycles. The summed E-state index contributed by atoms with van der Waals surface area (Å²) in [7, 11) is 0. The molecule has 1 aromatic carbocycles. The number of anilines is 2. The molecule has 2 aliphatic rings. The summed E-state index contributed by atoms with van der Waals surface area (Å²) in [6.45, 7) is 3.38. The Kier molecular flexibility index (Phi) is 5.22. The fraction of sp³-hybridized carbons (Fsp3) is 0.333. The second-order valence-corrected chi connectivity index (χ2v) is 7.23. The van der Waals surface area contributed by atoms with Gasteiger partial charge in [-0.1, -0.05) is 0 Å². The van der Waals surface area contributed by atoms with Crippen LogP contribution in [0.15, 0.2) is 29.6 Å². The van der Waals surface area contributed by atoms with Crippen LogP contribution in [0.5, 0.6) is 0 Å². The van der Waals surface area contributed by atoms with Crippen molar-refractivity contribution >= 4 is 40.0 Å². The van der Waals surface area contributed by atoms with Crippen LogP contribution in [0.3, 0.4) is 0 Å². The molecule has 1 aromatic heterocycles. The van der Waals surface area contributed by atoms with Crippen molar-refractivity contribution in [2.45, 2.75) is 6.54 Å². The highest BCUT2D eigenvalue weighted by Crippen LogP contribution is 2.21. The van der Waals surface area contributed by atoms with Crippen LogP contribution in [0, 0.1) is 0 Å². The van der Waals surface area contributed by atoms with Crippen molar-refractivity contribution in [1.82, 2.24) is 15.6 Å². The third-order valence-electron chi connectivity index (χ3n) is 4.49. The summed E-state index contributed by atoms with van der Waals surface area (Å²) < 4.78 is 5.34. The summed E-state index contributed by atoms with van der Waals surface area (Å²) >= 11 is 1.56. The first-order chi connectivity index (χ1) is 13.6. The van der Waals surface area contributed by atoms with Crippen LogP contribution in [0.1, 0.15) is 16.1 Å². The molecule has 146 valence electrons. The molecule has 2 aliphatic heterocycles. The van der Waals surface area contributed by atoms with E-state index in [1.165, 1.54) is 4.90 Å². The van der Waals surface area contributed by atoms with Gasteiger partial charge in [-0.15, -0.1) is 11.3 Å². The van der Waals surface area contributed by atoms with Gasteiger partial charge < -0.3 is 15.0 Å². The fourth-order valence-electron chi connectivity index (χ4n) is 2.99. The van der Waals surface area contributed by atoms with E-state index in [2.05, 4.69) is 20.5 Å². The SMILES string of the molecule is O=C1CN(c2ccc(C(=O)NCc3csc(N4CCOCC4)n3)cc2)C(=O)N1. The minimum atomic E-state index is -0.457. The number of ether oxygens (including phenoxy) is 1. The second kappa shape index (κ2) is 7.95. The number of nitrogens with zero attached hydrogens (tertiary/aromatic N) is 3. The molecule has 28 heavy (non-hydrogen) atoms. The predicted molar refractivity (Wildman–Crippen MR) is 104 cm³/mol. The van der Waals surface area contributed by atoms with E-state index in [1.807, 2.05) is 5.38 Å². The number of urea groups is 1. The van der Waals surface area contributed by atoms with Gasteiger partial charge in [-0.3, -0.25) is 19.8 Å². The van der Waals surface area contributed by atoms with Crippen LogP contribution in [-0.2, 0) is 16.1 Å². The molecule has 0 aliphatic carbocycles. The summed E-state index contributed by atoms with van der Waals surface area (Å²) in [4.78, 5) is 43.4. The van der Waals surface area contributed by atoms with Gasteiger partial charge in [0.2, 0.25) is 5.91 Å². The quantitative estimate of drug-likeness (QED) is 0.724. The molecular formula is C18H19N5O4S. The number of imide groups is 1. The predicted octanol–water partition coefficient (Wildman–Crippen LogP) is 0.966. The third-order valence-corrected chi connectivity index (χ3v) is 5.44. The van der Waals surface area contributed by atoms with Gasteiger partial charge in [0.05, 0.1) is 25.5 Å². The number of carbonyl (C=O) groups excluding carboxylic acids is 3. The number of nitrogens with one attached hydrogen (secondary N) is 2. The number of carbonyl (C=O) groups is 3. The molecule has 2 saturated heterocycles. The van der Waals surface area contributed by atoms with Gasteiger partial charge in [0.1, 0.15) is 6.54 Å². The molecule has 0 unspecified atom stereocenters. The maximum atomic E-state index is 12.4. The fourth-order valence-corrected chi connectivity index (χ4v) is 3.87. The van der Waals surface area contributed by atoms with Gasteiger partial charge in [-0.2, -0.15) is 0 Å². The maximum absolute atomic E-state index is 12.4. The highest BCUT2D eigenvalue weighted by atomic mass is 32.1. The van der Waals surface area contributed by atoms with E-state index in [4.69, 9.17) is 4.74 Å². The topological polar surface area (TPSA) is 104 Å². The minimum Gasteiger partial charge on any atom is -0.378 e. The number of morpholine rings is 1. The summed E-state index contributed by atoms with van der Waals surface area (Å²) in [6.07, 6.45) is 0. The Labute approximate surface area is 165 Å². The first kappa shape index (κ1) is 18.4. The van der Waals surface area contributed by atoms with E-state index >= 15 is 0 Å². The number of amides is 4. The van der Waals surface area contributed by atoms with Crippen molar-refractivity contribution in [3.63, 3.8) is 0 Å². The average Bonchev–Trinajstić information content (AvgIpc) is 3.33. The van der Waals surface area contributed by atoms with Gasteiger partial charge in [0.25, 0.3) is 5.91 Å². The average molecular weight is 401 g/mol. The smallest absolute Gasteiger partial charge is 0.329 e. The number of aromatic nitrogens is 1. The first-order valence-corrected chi connectivity index (χ1v) is 9.75. The highest BCUT2D eigenvalue weighted by molar-refractivity contribution is 7.13. The number of benzene rings is 1. The van der Waals surface area contributed by atoms with Crippen LogP contribution in [0.25, 0.3) is 0 Å². The van der Waals surface area contributed by atoms with Gasteiger partial charge in [0.15, 0.2) is 5.13 Å². The van der Waals surface area contributed by atoms with Crippen molar-refractivity contribution in [3.05, 3.63) is 40.9 Å². The molecule has 9 nitrogen and oxygen atoms in total.